The maximum Gasteiger partial charge on any atom is 0.407 e. The van der Waals surface area contributed by atoms with E-state index in [1.165, 1.54) is 0 Å². The van der Waals surface area contributed by atoms with Crippen LogP contribution in [0.4, 0.5) is 10.8 Å². The summed E-state index contributed by atoms with van der Waals surface area (Å²) in [6.07, 6.45) is -0.812. The molecule has 2 aliphatic rings. The van der Waals surface area contributed by atoms with Crippen molar-refractivity contribution < 1.29 is 33.6 Å². The molecule has 2 bridgehead atoms. The zero-order valence-electron chi connectivity index (χ0n) is 28.1. The van der Waals surface area contributed by atoms with Crippen LogP contribution < -0.4 is 16.1 Å². The van der Waals surface area contributed by atoms with E-state index in [1.54, 1.807) is 23.2 Å². The Morgan fingerprint density at radius 1 is 1.00 bits per heavy atom. The summed E-state index contributed by atoms with van der Waals surface area (Å²) in [5.74, 6) is 0.0239. The average Bonchev–Trinajstić information content (AvgIpc) is 3.53. The summed E-state index contributed by atoms with van der Waals surface area (Å²) in [5, 5.41) is 19.5. The summed E-state index contributed by atoms with van der Waals surface area (Å²) >= 11 is 0. The average molecular weight is 672 g/mol. The number of carbonyl (C=O) groups excluding carboxylic acids is 2. The predicted molar refractivity (Wildman–Crippen MR) is 183 cm³/mol. The third-order valence-electron chi connectivity index (χ3n) is 9.17. The molecule has 12 heteroatoms. The van der Waals surface area contributed by atoms with Gasteiger partial charge in [-0.15, -0.1) is 0 Å². The zero-order chi connectivity index (χ0) is 34.3. The highest BCUT2D eigenvalue weighted by molar-refractivity contribution is 5.97. The van der Waals surface area contributed by atoms with E-state index in [4.69, 9.17) is 18.9 Å². The van der Waals surface area contributed by atoms with Gasteiger partial charge < -0.3 is 24.9 Å². The number of amides is 2. The number of rotatable bonds is 13. The molecule has 2 heterocycles. The minimum Gasteiger partial charge on any atom is -0.445 e. The number of aromatic nitrogens is 1. The van der Waals surface area contributed by atoms with Crippen LogP contribution in [0.15, 0.2) is 83.3 Å². The number of hydrogen-bond acceptors (Lipinski definition) is 10. The van der Waals surface area contributed by atoms with Crippen molar-refractivity contribution in [3.8, 4) is 0 Å². The van der Waals surface area contributed by atoms with Gasteiger partial charge in [-0.2, -0.15) is 4.98 Å². The van der Waals surface area contributed by atoms with Gasteiger partial charge in [-0.1, -0.05) is 67.6 Å². The second kappa shape index (κ2) is 15.8. The van der Waals surface area contributed by atoms with Gasteiger partial charge in [0.05, 0.1) is 25.4 Å². The fourth-order valence-electron chi connectivity index (χ4n) is 6.68. The third-order valence-corrected chi connectivity index (χ3v) is 9.17. The molecule has 0 spiro atoms. The molecule has 0 radical (unpaired) electrons. The van der Waals surface area contributed by atoms with Crippen LogP contribution >= 0.6 is 0 Å². The van der Waals surface area contributed by atoms with Crippen molar-refractivity contribution in [1.82, 2.24) is 20.7 Å². The molecule has 1 saturated heterocycles. The first-order chi connectivity index (χ1) is 23.7. The predicted octanol–water partition coefficient (Wildman–Crippen LogP) is 5.10. The topological polar surface area (TPSA) is 147 Å². The van der Waals surface area contributed by atoms with Crippen molar-refractivity contribution in [3.05, 3.63) is 95.6 Å². The largest absolute Gasteiger partial charge is 0.445 e. The van der Waals surface area contributed by atoms with Crippen LogP contribution in [0.2, 0.25) is 0 Å². The lowest BCUT2D eigenvalue weighted by Crippen LogP contribution is -2.53. The molecule has 1 aliphatic carbocycles. The summed E-state index contributed by atoms with van der Waals surface area (Å²) in [6.45, 7) is 7.15. The lowest BCUT2D eigenvalue weighted by molar-refractivity contribution is -0.302. The molecule has 1 aliphatic heterocycles. The standard InChI is InChI=1S/C37H45N5O7/c1-23(2)38-36-39-31-18-27(14-15-33(31)48-36)35(44)41-42(19-26-12-8-5-9-13-26)20-32(43)30(17-25-10-6-4-7-11-25)40-37(45)49-34-28-16-24(3)29(34)22-47-46-21-28/h4-15,18,23-24,28-30,32,34,43H,16-17,19-22H2,1-3H3,(H,38,39)(H,40,45)(H,41,44)/t24?,28-,29?,30+,32-,34?/m1/s1. The molecule has 2 amide bonds. The number of anilines is 1. The van der Waals surface area contributed by atoms with Crippen molar-refractivity contribution in [2.24, 2.45) is 17.8 Å². The first-order valence-corrected chi connectivity index (χ1v) is 16.9. The lowest BCUT2D eigenvalue weighted by atomic mass is 9.97. The number of alkyl carbamates (subject to hydrolysis) is 1. The van der Waals surface area contributed by atoms with Crippen LogP contribution in [0.3, 0.4) is 0 Å². The Morgan fingerprint density at radius 2 is 1.71 bits per heavy atom. The minimum atomic E-state index is -1.09. The number of ether oxygens (including phenoxy) is 1. The van der Waals surface area contributed by atoms with E-state index in [2.05, 4.69) is 28.0 Å². The Labute approximate surface area is 286 Å². The quantitative estimate of drug-likeness (QED) is 0.112. The normalized spacial score (nSPS) is 21.7. The Kier molecular flexibility index (Phi) is 11.1. The van der Waals surface area contributed by atoms with Crippen molar-refractivity contribution in [1.29, 1.82) is 0 Å². The number of hydrazine groups is 1. The molecule has 260 valence electrons. The number of carbonyl (C=O) groups is 2. The molecular weight excluding hydrogens is 626 g/mol. The summed E-state index contributed by atoms with van der Waals surface area (Å²) < 4.78 is 11.8. The number of benzene rings is 3. The Hall–Kier alpha value is -4.49. The summed E-state index contributed by atoms with van der Waals surface area (Å²) in [6, 6.07) is 24.1. The summed E-state index contributed by atoms with van der Waals surface area (Å²) in [5.41, 5.74) is 6.33. The van der Waals surface area contributed by atoms with Gasteiger partial charge in [-0.3, -0.25) is 10.2 Å². The molecular formula is C37H45N5O7. The molecule has 4 N–H and O–H groups in total. The van der Waals surface area contributed by atoms with Gasteiger partial charge in [-0.25, -0.2) is 19.6 Å². The van der Waals surface area contributed by atoms with Gasteiger partial charge in [0.2, 0.25) is 0 Å². The molecule has 6 atom stereocenters. The van der Waals surface area contributed by atoms with Gasteiger partial charge in [0, 0.05) is 36.5 Å². The molecule has 12 nitrogen and oxygen atoms in total. The molecule has 1 saturated carbocycles. The Bertz CT molecular complexity index is 1680. The highest BCUT2D eigenvalue weighted by Crippen LogP contribution is 2.40. The van der Waals surface area contributed by atoms with E-state index < -0.39 is 18.2 Å². The van der Waals surface area contributed by atoms with Gasteiger partial charge in [-0.05, 0) is 61.9 Å². The molecule has 3 unspecified atom stereocenters. The zero-order valence-corrected chi connectivity index (χ0v) is 28.1. The first-order valence-electron chi connectivity index (χ1n) is 16.9. The number of hydrogen-bond donors (Lipinski definition) is 4. The van der Waals surface area contributed by atoms with Crippen molar-refractivity contribution >= 4 is 29.1 Å². The minimum absolute atomic E-state index is 0.0144. The van der Waals surface area contributed by atoms with Gasteiger partial charge in [0.15, 0.2) is 5.58 Å². The van der Waals surface area contributed by atoms with E-state index in [-0.39, 0.29) is 36.4 Å². The SMILES string of the molecule is CC(C)Nc1nc2cc(C(=O)NN(Cc3ccccc3)C[C@@H](O)[C@H](Cc3ccccc3)NC(=O)OC3C4COOC[C@H]3CC4C)ccc2o1. The molecule has 2 fully saturated rings. The van der Waals surface area contributed by atoms with Crippen LogP contribution in [0, 0.1) is 17.8 Å². The van der Waals surface area contributed by atoms with Gasteiger partial charge >= 0.3 is 6.09 Å². The lowest BCUT2D eigenvalue weighted by Gasteiger charge is -2.31. The van der Waals surface area contributed by atoms with E-state index in [9.17, 15) is 14.7 Å². The van der Waals surface area contributed by atoms with Crippen LogP contribution in [0.25, 0.3) is 11.1 Å². The van der Waals surface area contributed by atoms with E-state index in [0.717, 1.165) is 17.5 Å². The maximum absolute atomic E-state index is 13.6. The molecule has 6 rings (SSSR count). The van der Waals surface area contributed by atoms with E-state index in [1.807, 2.05) is 74.5 Å². The van der Waals surface area contributed by atoms with Crippen LogP contribution in [0.1, 0.15) is 48.7 Å². The summed E-state index contributed by atoms with van der Waals surface area (Å²) in [4.78, 5) is 42.1. The Morgan fingerprint density at radius 3 is 2.45 bits per heavy atom. The molecule has 3 aromatic carbocycles. The second-order valence-corrected chi connectivity index (χ2v) is 13.4. The number of nitrogens with one attached hydrogen (secondary N) is 3. The molecule has 1 aromatic heterocycles. The smallest absolute Gasteiger partial charge is 0.407 e. The molecule has 4 aromatic rings. The van der Waals surface area contributed by atoms with E-state index in [0.29, 0.717) is 54.8 Å². The number of nitrogens with zero attached hydrogens (tertiary/aromatic N) is 2. The fourth-order valence-corrected chi connectivity index (χ4v) is 6.68. The van der Waals surface area contributed by atoms with E-state index >= 15 is 0 Å². The Balaban J connectivity index is 1.19. The van der Waals surface area contributed by atoms with Crippen molar-refractivity contribution in [2.75, 3.05) is 25.1 Å². The highest BCUT2D eigenvalue weighted by Gasteiger charge is 2.46. The van der Waals surface area contributed by atoms with Crippen LogP contribution in [-0.4, -0.2) is 71.1 Å². The van der Waals surface area contributed by atoms with Crippen LogP contribution in [0.5, 0.6) is 0 Å². The van der Waals surface area contributed by atoms with Crippen molar-refractivity contribution in [3.63, 3.8) is 0 Å². The van der Waals surface area contributed by atoms with Gasteiger partial charge in [0.1, 0.15) is 11.6 Å². The first kappa shape index (κ1) is 34.4. The van der Waals surface area contributed by atoms with Crippen molar-refractivity contribution in [2.45, 2.75) is 64.4 Å². The number of aliphatic hydroxyl groups is 1. The number of aliphatic hydroxyl groups excluding tert-OH is 1. The number of oxazole rings is 1. The highest BCUT2D eigenvalue weighted by atomic mass is 17.2. The monoisotopic (exact) mass is 671 g/mol. The molecule has 49 heavy (non-hydrogen) atoms. The maximum atomic E-state index is 13.6. The fraction of sp³-hybridized carbons (Fsp3) is 0.432. The third kappa shape index (κ3) is 8.95. The van der Waals surface area contributed by atoms with Gasteiger partial charge in [0.25, 0.3) is 11.9 Å². The van der Waals surface area contributed by atoms with Crippen LogP contribution in [-0.2, 0) is 27.5 Å². The number of fused-ring (bicyclic) bond motifs is 3. The second-order valence-electron chi connectivity index (χ2n) is 13.4. The summed E-state index contributed by atoms with van der Waals surface area (Å²) in [7, 11) is 0.